The van der Waals surface area contributed by atoms with Gasteiger partial charge >= 0.3 is 0 Å². The first-order chi connectivity index (χ1) is 10.2. The first-order valence-corrected chi connectivity index (χ1v) is 8.41. The molecular formula is C18H29FN2. The molecule has 0 aromatic heterocycles. The van der Waals surface area contributed by atoms with Crippen molar-refractivity contribution in [1.29, 1.82) is 0 Å². The van der Waals surface area contributed by atoms with E-state index < -0.39 is 0 Å². The van der Waals surface area contributed by atoms with Crippen LogP contribution in [0.25, 0.3) is 0 Å². The Labute approximate surface area is 128 Å². The Kier molecular flexibility index (Phi) is 6.65. The Morgan fingerprint density at radius 2 is 2.10 bits per heavy atom. The Hall–Kier alpha value is -0.930. The second kappa shape index (κ2) is 8.50. The lowest BCUT2D eigenvalue weighted by Crippen LogP contribution is -2.30. The smallest absolute Gasteiger partial charge is 0.127 e. The minimum atomic E-state index is -0.0899. The summed E-state index contributed by atoms with van der Waals surface area (Å²) in [5, 5.41) is 3.44. The van der Waals surface area contributed by atoms with Crippen LogP contribution in [0.4, 0.5) is 4.39 Å². The third-order valence-electron chi connectivity index (χ3n) is 4.57. The van der Waals surface area contributed by atoms with Crippen LogP contribution in [0.3, 0.4) is 0 Å². The Morgan fingerprint density at radius 1 is 1.29 bits per heavy atom. The highest BCUT2D eigenvalue weighted by atomic mass is 19.1. The lowest BCUT2D eigenvalue weighted by molar-refractivity contribution is 0.263. The predicted molar refractivity (Wildman–Crippen MR) is 86.9 cm³/mol. The fraction of sp³-hybridized carbons (Fsp3) is 0.667. The number of hydrogen-bond donors (Lipinski definition) is 1. The maximum Gasteiger partial charge on any atom is 0.127 e. The summed E-state index contributed by atoms with van der Waals surface area (Å²) >= 11 is 0. The van der Waals surface area contributed by atoms with Gasteiger partial charge in [-0.15, -0.1) is 0 Å². The molecule has 0 saturated carbocycles. The van der Waals surface area contributed by atoms with Gasteiger partial charge in [0, 0.05) is 11.6 Å². The normalized spacial score (nSPS) is 22.0. The summed E-state index contributed by atoms with van der Waals surface area (Å²) in [6.45, 7) is 8.75. The van der Waals surface area contributed by atoms with Gasteiger partial charge < -0.3 is 10.2 Å². The van der Waals surface area contributed by atoms with Crippen molar-refractivity contribution in [2.45, 2.75) is 45.6 Å². The van der Waals surface area contributed by atoms with Crippen LogP contribution in [0.2, 0.25) is 0 Å². The Balaban J connectivity index is 1.92. The SMILES string of the molecule is CCNC(CCN1CCCC(C)CC1)c1ccccc1F. The zero-order valence-corrected chi connectivity index (χ0v) is 13.4. The molecule has 118 valence electrons. The first kappa shape index (κ1) is 16.4. The van der Waals surface area contributed by atoms with E-state index in [2.05, 4.69) is 24.1 Å². The minimum Gasteiger partial charge on any atom is -0.310 e. The van der Waals surface area contributed by atoms with Crippen molar-refractivity contribution in [2.24, 2.45) is 5.92 Å². The molecule has 0 radical (unpaired) electrons. The van der Waals surface area contributed by atoms with Gasteiger partial charge in [0.1, 0.15) is 5.82 Å². The predicted octanol–water partition coefficient (Wildman–Crippen LogP) is 3.99. The Morgan fingerprint density at radius 3 is 2.86 bits per heavy atom. The largest absolute Gasteiger partial charge is 0.310 e. The molecule has 2 rings (SSSR count). The van der Waals surface area contributed by atoms with E-state index in [4.69, 9.17) is 0 Å². The van der Waals surface area contributed by atoms with Crippen molar-refractivity contribution in [3.8, 4) is 0 Å². The average molecular weight is 292 g/mol. The molecule has 1 fully saturated rings. The van der Waals surface area contributed by atoms with E-state index in [1.807, 2.05) is 12.1 Å². The summed E-state index contributed by atoms with van der Waals surface area (Å²) in [6.07, 6.45) is 4.92. The van der Waals surface area contributed by atoms with Gasteiger partial charge in [0.2, 0.25) is 0 Å². The molecule has 0 aliphatic carbocycles. The molecule has 0 spiro atoms. The van der Waals surface area contributed by atoms with Crippen molar-refractivity contribution >= 4 is 0 Å². The highest BCUT2D eigenvalue weighted by Gasteiger charge is 2.18. The molecule has 2 nitrogen and oxygen atoms in total. The summed E-state index contributed by atoms with van der Waals surface area (Å²) in [4.78, 5) is 2.55. The maximum absolute atomic E-state index is 14.0. The molecule has 1 saturated heterocycles. The van der Waals surface area contributed by atoms with Gasteiger partial charge in [-0.1, -0.05) is 32.0 Å². The van der Waals surface area contributed by atoms with Crippen LogP contribution in [-0.4, -0.2) is 31.1 Å². The summed E-state index contributed by atoms with van der Waals surface area (Å²) in [6, 6.07) is 7.28. The number of rotatable bonds is 6. The number of nitrogens with zero attached hydrogens (tertiary/aromatic N) is 1. The number of likely N-dealkylation sites (tertiary alicyclic amines) is 1. The third kappa shape index (κ3) is 5.08. The fourth-order valence-corrected chi connectivity index (χ4v) is 3.23. The average Bonchev–Trinajstić information content (AvgIpc) is 2.69. The highest BCUT2D eigenvalue weighted by Crippen LogP contribution is 2.22. The topological polar surface area (TPSA) is 15.3 Å². The van der Waals surface area contributed by atoms with Crippen LogP contribution in [0.5, 0.6) is 0 Å². The number of benzene rings is 1. The second-order valence-electron chi connectivity index (χ2n) is 6.30. The zero-order valence-electron chi connectivity index (χ0n) is 13.4. The molecule has 2 unspecified atom stereocenters. The zero-order chi connectivity index (χ0) is 15.1. The van der Waals surface area contributed by atoms with Crippen LogP contribution in [0, 0.1) is 11.7 Å². The van der Waals surface area contributed by atoms with Gasteiger partial charge in [-0.3, -0.25) is 0 Å². The summed E-state index contributed by atoms with van der Waals surface area (Å²) in [5.74, 6) is 0.763. The third-order valence-corrected chi connectivity index (χ3v) is 4.57. The number of halogens is 1. The highest BCUT2D eigenvalue weighted by molar-refractivity contribution is 5.21. The fourth-order valence-electron chi connectivity index (χ4n) is 3.23. The van der Waals surface area contributed by atoms with E-state index in [0.29, 0.717) is 0 Å². The van der Waals surface area contributed by atoms with E-state index in [9.17, 15) is 4.39 Å². The first-order valence-electron chi connectivity index (χ1n) is 8.41. The molecule has 2 atom stereocenters. The van der Waals surface area contributed by atoms with Crippen molar-refractivity contribution in [3.05, 3.63) is 35.6 Å². The molecular weight excluding hydrogens is 263 g/mol. The van der Waals surface area contributed by atoms with Crippen molar-refractivity contribution < 1.29 is 4.39 Å². The van der Waals surface area contributed by atoms with Crippen molar-refractivity contribution in [3.63, 3.8) is 0 Å². The van der Waals surface area contributed by atoms with E-state index in [1.165, 1.54) is 32.4 Å². The summed E-state index contributed by atoms with van der Waals surface area (Å²) in [5.41, 5.74) is 0.808. The molecule has 1 aliphatic rings. The van der Waals surface area contributed by atoms with Crippen LogP contribution in [0.15, 0.2) is 24.3 Å². The minimum absolute atomic E-state index is 0.0899. The lowest BCUT2D eigenvalue weighted by Gasteiger charge is -2.25. The molecule has 1 heterocycles. The van der Waals surface area contributed by atoms with E-state index >= 15 is 0 Å². The molecule has 21 heavy (non-hydrogen) atoms. The summed E-state index contributed by atoms with van der Waals surface area (Å²) < 4.78 is 14.0. The molecule has 0 bridgehead atoms. The molecule has 1 N–H and O–H groups in total. The van der Waals surface area contributed by atoms with Gasteiger partial charge in [-0.05, 0) is 63.8 Å². The van der Waals surface area contributed by atoms with Crippen LogP contribution in [-0.2, 0) is 0 Å². The van der Waals surface area contributed by atoms with Crippen molar-refractivity contribution in [2.75, 3.05) is 26.2 Å². The summed E-state index contributed by atoms with van der Waals surface area (Å²) in [7, 11) is 0. The molecule has 0 amide bonds. The van der Waals surface area contributed by atoms with E-state index in [0.717, 1.165) is 31.0 Å². The van der Waals surface area contributed by atoms with E-state index in [-0.39, 0.29) is 11.9 Å². The van der Waals surface area contributed by atoms with Gasteiger partial charge in [-0.25, -0.2) is 4.39 Å². The monoisotopic (exact) mass is 292 g/mol. The number of nitrogens with one attached hydrogen (secondary N) is 1. The quantitative estimate of drug-likeness (QED) is 0.853. The molecule has 1 aliphatic heterocycles. The van der Waals surface area contributed by atoms with Crippen LogP contribution < -0.4 is 5.32 Å². The second-order valence-corrected chi connectivity index (χ2v) is 6.30. The van der Waals surface area contributed by atoms with E-state index in [1.54, 1.807) is 12.1 Å². The van der Waals surface area contributed by atoms with Gasteiger partial charge in [0.05, 0.1) is 0 Å². The van der Waals surface area contributed by atoms with Crippen LogP contribution in [0.1, 0.15) is 51.1 Å². The standard InChI is InChI=1S/C18H29FN2/c1-3-20-18(16-8-4-5-9-17(16)19)11-14-21-12-6-7-15(2)10-13-21/h4-5,8-9,15,18,20H,3,6-7,10-14H2,1-2H3. The van der Waals surface area contributed by atoms with Gasteiger partial charge in [0.15, 0.2) is 0 Å². The van der Waals surface area contributed by atoms with Crippen LogP contribution >= 0.6 is 0 Å². The molecule has 1 aromatic rings. The Bertz CT molecular complexity index is 421. The van der Waals surface area contributed by atoms with Crippen molar-refractivity contribution in [1.82, 2.24) is 10.2 Å². The van der Waals surface area contributed by atoms with Gasteiger partial charge in [0.25, 0.3) is 0 Å². The lowest BCUT2D eigenvalue weighted by atomic mass is 10.0. The molecule has 3 heteroatoms. The maximum atomic E-state index is 14.0. The molecule has 1 aromatic carbocycles. The van der Waals surface area contributed by atoms with Gasteiger partial charge in [-0.2, -0.15) is 0 Å². The number of hydrogen-bond acceptors (Lipinski definition) is 2.